The van der Waals surface area contributed by atoms with Crippen LogP contribution in [0.3, 0.4) is 0 Å². The molecule has 34 heavy (non-hydrogen) atoms. The molecule has 2 aromatic carbocycles. The number of nitrogens with zero attached hydrogens (tertiary/aromatic N) is 3. The Labute approximate surface area is 207 Å². The number of anilines is 1. The Morgan fingerprint density at radius 2 is 2.00 bits per heavy atom. The van der Waals surface area contributed by atoms with Gasteiger partial charge in [-0.05, 0) is 64.8 Å². The summed E-state index contributed by atoms with van der Waals surface area (Å²) in [7, 11) is 0. The molecule has 0 unspecified atom stereocenters. The fourth-order valence-corrected chi connectivity index (χ4v) is 3.70. The molecule has 0 aliphatic rings. The summed E-state index contributed by atoms with van der Waals surface area (Å²) in [6.07, 6.45) is 1.76. The smallest absolute Gasteiger partial charge is 0.292 e. The minimum atomic E-state index is -0.463. The number of carbonyl (C=O) groups excluding carboxylic acids is 1. The van der Waals surface area contributed by atoms with Crippen LogP contribution in [0.25, 0.3) is 0 Å². The van der Waals surface area contributed by atoms with E-state index in [1.807, 2.05) is 12.1 Å². The lowest BCUT2D eigenvalue weighted by molar-refractivity contribution is -0.385. The Morgan fingerprint density at radius 1 is 1.24 bits per heavy atom. The fourth-order valence-electron chi connectivity index (χ4n) is 3.16. The zero-order chi connectivity index (χ0) is 24.2. The number of ether oxygens (including phenoxy) is 1. The van der Waals surface area contributed by atoms with Gasteiger partial charge in [-0.1, -0.05) is 23.7 Å². The van der Waals surface area contributed by atoms with Crippen molar-refractivity contribution in [3.8, 4) is 5.75 Å². The van der Waals surface area contributed by atoms with Crippen LogP contribution in [0.2, 0.25) is 5.02 Å². The van der Waals surface area contributed by atoms with E-state index in [1.54, 1.807) is 42.1 Å². The van der Waals surface area contributed by atoms with Gasteiger partial charge in [0.05, 0.1) is 15.9 Å². The van der Waals surface area contributed by atoms with Crippen LogP contribution in [-0.4, -0.2) is 20.6 Å². The van der Waals surface area contributed by atoms with Crippen molar-refractivity contribution in [1.29, 1.82) is 0 Å². The summed E-state index contributed by atoms with van der Waals surface area (Å²) >= 11 is 9.32. The summed E-state index contributed by atoms with van der Waals surface area (Å²) in [4.78, 5) is 23.1. The molecule has 0 atom stereocenters. The SMILES string of the molecule is Cc1cc(OCc2ccc(C(=O)Nc3nn(Cc4ccc(Cl)cc4)cc3Br)o2)ccc1[N+](=O)[O-]. The van der Waals surface area contributed by atoms with Crippen LogP contribution < -0.4 is 10.1 Å². The van der Waals surface area contributed by atoms with Crippen molar-refractivity contribution >= 4 is 44.9 Å². The maximum absolute atomic E-state index is 12.6. The average Bonchev–Trinajstić information content (AvgIpc) is 3.40. The van der Waals surface area contributed by atoms with Gasteiger partial charge < -0.3 is 14.5 Å². The van der Waals surface area contributed by atoms with E-state index in [0.29, 0.717) is 38.9 Å². The van der Waals surface area contributed by atoms with Gasteiger partial charge in [0.25, 0.3) is 11.6 Å². The standard InChI is InChI=1S/C23H18BrClN4O5/c1-14-10-17(6-8-20(14)29(31)32)33-13-18-7-9-21(34-18)23(30)26-22-19(24)12-28(27-22)11-15-2-4-16(25)5-3-15/h2-10,12H,11,13H2,1H3,(H,26,27,30). The Bertz CT molecular complexity index is 1350. The maximum atomic E-state index is 12.6. The Kier molecular flexibility index (Phi) is 6.99. The van der Waals surface area contributed by atoms with Crippen molar-refractivity contribution in [2.75, 3.05) is 5.32 Å². The molecule has 0 aliphatic heterocycles. The molecule has 9 nitrogen and oxygen atoms in total. The predicted molar refractivity (Wildman–Crippen MR) is 129 cm³/mol. The van der Waals surface area contributed by atoms with Gasteiger partial charge in [0.15, 0.2) is 11.6 Å². The Balaban J connectivity index is 1.36. The first kappa shape index (κ1) is 23.5. The largest absolute Gasteiger partial charge is 0.486 e. The number of carbonyl (C=O) groups is 1. The van der Waals surface area contributed by atoms with E-state index in [9.17, 15) is 14.9 Å². The van der Waals surface area contributed by atoms with Crippen LogP contribution in [0.4, 0.5) is 11.5 Å². The third-order valence-electron chi connectivity index (χ3n) is 4.84. The lowest BCUT2D eigenvalue weighted by Crippen LogP contribution is -2.12. The molecule has 2 aromatic heterocycles. The average molecular weight is 546 g/mol. The molecule has 11 heteroatoms. The molecule has 0 saturated heterocycles. The maximum Gasteiger partial charge on any atom is 0.292 e. The molecule has 4 aromatic rings. The molecular weight excluding hydrogens is 528 g/mol. The van der Waals surface area contributed by atoms with Gasteiger partial charge in [-0.3, -0.25) is 19.6 Å². The van der Waals surface area contributed by atoms with E-state index in [-0.39, 0.29) is 18.1 Å². The van der Waals surface area contributed by atoms with Crippen molar-refractivity contribution in [3.05, 3.63) is 103 Å². The first-order valence-corrected chi connectivity index (χ1v) is 11.2. The monoisotopic (exact) mass is 544 g/mol. The molecule has 0 radical (unpaired) electrons. The lowest BCUT2D eigenvalue weighted by atomic mass is 10.2. The summed E-state index contributed by atoms with van der Waals surface area (Å²) in [6, 6.07) is 15.1. The van der Waals surface area contributed by atoms with Crippen molar-refractivity contribution in [3.63, 3.8) is 0 Å². The van der Waals surface area contributed by atoms with Crippen molar-refractivity contribution in [1.82, 2.24) is 9.78 Å². The number of hydrogen-bond donors (Lipinski definition) is 1. The molecule has 0 spiro atoms. The van der Waals surface area contributed by atoms with E-state index in [2.05, 4.69) is 26.3 Å². The minimum absolute atomic E-state index is 0.0195. The number of nitrogens with one attached hydrogen (secondary N) is 1. The summed E-state index contributed by atoms with van der Waals surface area (Å²) < 4.78 is 13.5. The number of furan rings is 1. The Morgan fingerprint density at radius 3 is 2.71 bits per heavy atom. The summed E-state index contributed by atoms with van der Waals surface area (Å²) in [6.45, 7) is 2.20. The van der Waals surface area contributed by atoms with E-state index in [4.69, 9.17) is 20.8 Å². The zero-order valence-electron chi connectivity index (χ0n) is 17.8. The van der Waals surface area contributed by atoms with Gasteiger partial charge in [0.2, 0.25) is 0 Å². The Hall–Kier alpha value is -3.63. The molecule has 2 heterocycles. The van der Waals surface area contributed by atoms with Gasteiger partial charge in [0.1, 0.15) is 18.1 Å². The molecule has 0 saturated carbocycles. The van der Waals surface area contributed by atoms with Crippen LogP contribution in [0.1, 0.15) is 27.4 Å². The second-order valence-corrected chi connectivity index (χ2v) is 8.65. The van der Waals surface area contributed by atoms with Crippen molar-refractivity contribution in [2.24, 2.45) is 0 Å². The number of aryl methyl sites for hydroxylation is 1. The highest BCUT2D eigenvalue weighted by atomic mass is 79.9. The molecular formula is C23H18BrClN4O5. The van der Waals surface area contributed by atoms with Crippen LogP contribution in [0.15, 0.2) is 69.7 Å². The van der Waals surface area contributed by atoms with Gasteiger partial charge >= 0.3 is 0 Å². The fraction of sp³-hybridized carbons (Fsp3) is 0.130. The molecule has 0 bridgehead atoms. The normalized spacial score (nSPS) is 10.8. The van der Waals surface area contributed by atoms with Crippen molar-refractivity contribution in [2.45, 2.75) is 20.1 Å². The number of nitro groups is 1. The third kappa shape index (κ3) is 5.64. The highest BCUT2D eigenvalue weighted by Gasteiger charge is 2.16. The van der Waals surface area contributed by atoms with Crippen LogP contribution >= 0.6 is 27.5 Å². The minimum Gasteiger partial charge on any atom is -0.486 e. The van der Waals surface area contributed by atoms with E-state index in [1.165, 1.54) is 18.2 Å². The highest BCUT2D eigenvalue weighted by Crippen LogP contribution is 2.25. The molecule has 4 rings (SSSR count). The summed E-state index contributed by atoms with van der Waals surface area (Å²) in [5, 5.41) is 18.7. The van der Waals surface area contributed by atoms with Gasteiger partial charge in [-0.15, -0.1) is 0 Å². The van der Waals surface area contributed by atoms with Gasteiger partial charge in [-0.25, -0.2) is 0 Å². The summed E-state index contributed by atoms with van der Waals surface area (Å²) in [5.41, 5.74) is 1.52. The van der Waals surface area contributed by atoms with E-state index >= 15 is 0 Å². The van der Waals surface area contributed by atoms with Crippen LogP contribution in [0, 0.1) is 17.0 Å². The van der Waals surface area contributed by atoms with E-state index in [0.717, 1.165) is 5.56 Å². The van der Waals surface area contributed by atoms with E-state index < -0.39 is 10.8 Å². The quantitative estimate of drug-likeness (QED) is 0.215. The first-order valence-electron chi connectivity index (χ1n) is 10.0. The molecule has 1 N–H and O–H groups in total. The highest BCUT2D eigenvalue weighted by molar-refractivity contribution is 9.10. The van der Waals surface area contributed by atoms with Crippen LogP contribution in [0.5, 0.6) is 5.75 Å². The number of halogens is 2. The zero-order valence-corrected chi connectivity index (χ0v) is 20.2. The predicted octanol–water partition coefficient (Wildman–Crippen LogP) is 5.99. The number of benzene rings is 2. The topological polar surface area (TPSA) is 112 Å². The van der Waals surface area contributed by atoms with Crippen LogP contribution in [-0.2, 0) is 13.2 Å². The number of rotatable bonds is 8. The number of hydrogen-bond acceptors (Lipinski definition) is 6. The first-order chi connectivity index (χ1) is 16.3. The number of nitro benzene ring substituents is 1. The van der Waals surface area contributed by atoms with Crippen molar-refractivity contribution < 1.29 is 18.9 Å². The molecule has 1 amide bonds. The summed E-state index contributed by atoms with van der Waals surface area (Å²) in [5.74, 6) is 0.871. The lowest BCUT2D eigenvalue weighted by Gasteiger charge is -2.05. The molecule has 0 aliphatic carbocycles. The molecule has 174 valence electrons. The number of amides is 1. The number of aromatic nitrogens is 2. The van der Waals surface area contributed by atoms with Gasteiger partial charge in [0, 0.05) is 22.8 Å². The second kappa shape index (κ2) is 10.1. The second-order valence-electron chi connectivity index (χ2n) is 7.36. The third-order valence-corrected chi connectivity index (χ3v) is 5.67. The molecule has 0 fully saturated rings. The van der Waals surface area contributed by atoms with Gasteiger partial charge in [-0.2, -0.15) is 5.10 Å².